The van der Waals surface area contributed by atoms with Gasteiger partial charge >= 0.3 is 5.97 Å². The molecule has 1 aromatic rings. The summed E-state index contributed by atoms with van der Waals surface area (Å²) in [7, 11) is 0. The van der Waals surface area contributed by atoms with Crippen LogP contribution in [0.4, 0.5) is 0 Å². The fourth-order valence-corrected chi connectivity index (χ4v) is 2.49. The number of carbonyl (C=O) groups is 1. The highest BCUT2D eigenvalue weighted by atomic mass is 16.4. The Balaban J connectivity index is 2.00. The first kappa shape index (κ1) is 14.0. The van der Waals surface area contributed by atoms with Gasteiger partial charge < -0.3 is 10.4 Å². The van der Waals surface area contributed by atoms with E-state index in [2.05, 4.69) is 24.1 Å². The molecule has 2 N–H and O–H groups in total. The molecular weight excluding hydrogens is 240 g/mol. The zero-order chi connectivity index (χ0) is 13.8. The SMILES string of the molecule is CC(C)C1CN(Cc2cccc(C(=O)O)c2)CCN1. The fraction of sp³-hybridized carbons (Fsp3) is 0.533. The number of rotatable bonds is 4. The number of piperazine rings is 1. The van der Waals surface area contributed by atoms with Crippen LogP contribution in [0.25, 0.3) is 0 Å². The molecule has 1 saturated heterocycles. The summed E-state index contributed by atoms with van der Waals surface area (Å²) in [5.41, 5.74) is 1.44. The second kappa shape index (κ2) is 6.17. The average Bonchev–Trinajstić information content (AvgIpc) is 2.39. The Morgan fingerprint density at radius 2 is 2.32 bits per heavy atom. The molecule has 0 bridgehead atoms. The highest BCUT2D eigenvalue weighted by Gasteiger charge is 2.21. The van der Waals surface area contributed by atoms with Crippen molar-refractivity contribution in [2.24, 2.45) is 5.92 Å². The monoisotopic (exact) mass is 262 g/mol. The second-order valence-electron chi connectivity index (χ2n) is 5.55. The van der Waals surface area contributed by atoms with Gasteiger partial charge in [-0.25, -0.2) is 4.79 Å². The Morgan fingerprint density at radius 1 is 1.53 bits per heavy atom. The van der Waals surface area contributed by atoms with Crippen LogP contribution in [-0.4, -0.2) is 41.7 Å². The molecule has 0 amide bonds. The number of hydrogen-bond acceptors (Lipinski definition) is 3. The molecule has 1 unspecified atom stereocenters. The van der Waals surface area contributed by atoms with Gasteiger partial charge in [0.1, 0.15) is 0 Å². The second-order valence-corrected chi connectivity index (χ2v) is 5.55. The van der Waals surface area contributed by atoms with Crippen LogP contribution in [-0.2, 0) is 6.54 Å². The van der Waals surface area contributed by atoms with Crippen LogP contribution >= 0.6 is 0 Å². The molecule has 1 fully saturated rings. The minimum Gasteiger partial charge on any atom is -0.478 e. The molecular formula is C15H22N2O2. The molecule has 104 valence electrons. The number of aromatic carboxylic acids is 1. The van der Waals surface area contributed by atoms with Crippen molar-refractivity contribution in [2.75, 3.05) is 19.6 Å². The van der Waals surface area contributed by atoms with Crippen LogP contribution in [0.2, 0.25) is 0 Å². The van der Waals surface area contributed by atoms with Gasteiger partial charge in [-0.05, 0) is 23.6 Å². The van der Waals surface area contributed by atoms with Crippen LogP contribution in [0.1, 0.15) is 29.8 Å². The fourth-order valence-electron chi connectivity index (χ4n) is 2.49. The number of carboxylic acid groups (broad SMARTS) is 1. The van der Waals surface area contributed by atoms with E-state index < -0.39 is 5.97 Å². The van der Waals surface area contributed by atoms with Gasteiger partial charge in [0.15, 0.2) is 0 Å². The van der Waals surface area contributed by atoms with Gasteiger partial charge in [0, 0.05) is 32.2 Å². The summed E-state index contributed by atoms with van der Waals surface area (Å²) >= 11 is 0. The molecule has 1 aliphatic rings. The van der Waals surface area contributed by atoms with Crippen LogP contribution < -0.4 is 5.32 Å². The Morgan fingerprint density at radius 3 is 3.00 bits per heavy atom. The van der Waals surface area contributed by atoms with E-state index in [0.717, 1.165) is 31.7 Å². The molecule has 0 aliphatic carbocycles. The minimum absolute atomic E-state index is 0.369. The van der Waals surface area contributed by atoms with Gasteiger partial charge in [0.25, 0.3) is 0 Å². The number of nitrogens with zero attached hydrogens (tertiary/aromatic N) is 1. The largest absolute Gasteiger partial charge is 0.478 e. The van der Waals surface area contributed by atoms with Gasteiger partial charge in [0.05, 0.1) is 5.56 Å². The lowest BCUT2D eigenvalue weighted by Gasteiger charge is -2.35. The summed E-state index contributed by atoms with van der Waals surface area (Å²) in [6.45, 7) is 8.32. The highest BCUT2D eigenvalue weighted by molar-refractivity contribution is 5.87. The van der Waals surface area contributed by atoms with Crippen LogP contribution in [0.5, 0.6) is 0 Å². The maximum absolute atomic E-state index is 11.0. The molecule has 0 radical (unpaired) electrons. The molecule has 1 aliphatic heterocycles. The van der Waals surface area contributed by atoms with E-state index in [-0.39, 0.29) is 0 Å². The third-order valence-electron chi connectivity index (χ3n) is 3.67. The average molecular weight is 262 g/mol. The molecule has 0 saturated carbocycles. The standard InChI is InChI=1S/C15H22N2O2/c1-11(2)14-10-17(7-6-16-14)9-12-4-3-5-13(8-12)15(18)19/h3-5,8,11,14,16H,6-7,9-10H2,1-2H3,(H,18,19). The van der Waals surface area contributed by atoms with Crippen molar-refractivity contribution in [1.29, 1.82) is 0 Å². The topological polar surface area (TPSA) is 52.6 Å². The molecule has 2 rings (SSSR count). The van der Waals surface area contributed by atoms with E-state index in [0.29, 0.717) is 17.5 Å². The van der Waals surface area contributed by atoms with E-state index in [1.54, 1.807) is 12.1 Å². The third kappa shape index (κ3) is 3.78. The minimum atomic E-state index is -0.859. The van der Waals surface area contributed by atoms with E-state index in [1.807, 2.05) is 12.1 Å². The lowest BCUT2D eigenvalue weighted by Crippen LogP contribution is -2.52. The quantitative estimate of drug-likeness (QED) is 0.869. The van der Waals surface area contributed by atoms with E-state index >= 15 is 0 Å². The summed E-state index contributed by atoms with van der Waals surface area (Å²) in [4.78, 5) is 13.4. The van der Waals surface area contributed by atoms with Crippen molar-refractivity contribution in [1.82, 2.24) is 10.2 Å². The lowest BCUT2D eigenvalue weighted by atomic mass is 10.0. The number of hydrogen-bond donors (Lipinski definition) is 2. The maximum Gasteiger partial charge on any atom is 0.335 e. The normalized spacial score (nSPS) is 20.7. The van der Waals surface area contributed by atoms with Crippen molar-refractivity contribution < 1.29 is 9.90 Å². The van der Waals surface area contributed by atoms with Crippen molar-refractivity contribution in [2.45, 2.75) is 26.4 Å². The molecule has 1 atom stereocenters. The molecule has 1 aromatic carbocycles. The Kier molecular flexibility index (Phi) is 4.56. The summed E-state index contributed by atoms with van der Waals surface area (Å²) in [6.07, 6.45) is 0. The molecule has 1 heterocycles. The van der Waals surface area contributed by atoms with Crippen LogP contribution in [0, 0.1) is 5.92 Å². The molecule has 0 aromatic heterocycles. The summed E-state index contributed by atoms with van der Waals surface area (Å²) in [5.74, 6) is -0.240. The van der Waals surface area contributed by atoms with Crippen molar-refractivity contribution >= 4 is 5.97 Å². The molecule has 4 nitrogen and oxygen atoms in total. The number of benzene rings is 1. The first-order valence-electron chi connectivity index (χ1n) is 6.84. The predicted octanol–water partition coefficient (Wildman–Crippen LogP) is 1.81. The van der Waals surface area contributed by atoms with Crippen molar-refractivity contribution in [3.05, 3.63) is 35.4 Å². The van der Waals surface area contributed by atoms with E-state index in [9.17, 15) is 4.79 Å². The van der Waals surface area contributed by atoms with Crippen molar-refractivity contribution in [3.63, 3.8) is 0 Å². The molecule has 0 spiro atoms. The highest BCUT2D eigenvalue weighted by Crippen LogP contribution is 2.13. The zero-order valence-electron chi connectivity index (χ0n) is 11.6. The van der Waals surface area contributed by atoms with Crippen LogP contribution in [0.15, 0.2) is 24.3 Å². The summed E-state index contributed by atoms with van der Waals surface area (Å²) in [6, 6.07) is 7.76. The zero-order valence-corrected chi connectivity index (χ0v) is 11.6. The lowest BCUT2D eigenvalue weighted by molar-refractivity contribution is 0.0696. The van der Waals surface area contributed by atoms with E-state index in [4.69, 9.17) is 5.11 Å². The Bertz CT molecular complexity index is 446. The molecule has 19 heavy (non-hydrogen) atoms. The van der Waals surface area contributed by atoms with Gasteiger partial charge in [-0.1, -0.05) is 26.0 Å². The number of carboxylic acids is 1. The Hall–Kier alpha value is -1.39. The summed E-state index contributed by atoms with van der Waals surface area (Å²) < 4.78 is 0. The first-order chi connectivity index (χ1) is 9.06. The smallest absolute Gasteiger partial charge is 0.335 e. The van der Waals surface area contributed by atoms with Crippen LogP contribution in [0.3, 0.4) is 0 Å². The predicted molar refractivity (Wildman–Crippen MR) is 75.3 cm³/mol. The first-order valence-corrected chi connectivity index (χ1v) is 6.84. The summed E-state index contributed by atoms with van der Waals surface area (Å²) in [5, 5.41) is 12.5. The van der Waals surface area contributed by atoms with Gasteiger partial charge in [-0.2, -0.15) is 0 Å². The Labute approximate surface area is 114 Å². The third-order valence-corrected chi connectivity index (χ3v) is 3.67. The van der Waals surface area contributed by atoms with Gasteiger partial charge in [0.2, 0.25) is 0 Å². The maximum atomic E-state index is 11.0. The number of nitrogens with one attached hydrogen (secondary N) is 1. The van der Waals surface area contributed by atoms with Gasteiger partial charge in [-0.15, -0.1) is 0 Å². The molecule has 4 heteroatoms. The van der Waals surface area contributed by atoms with E-state index in [1.165, 1.54) is 0 Å². The van der Waals surface area contributed by atoms with Crippen molar-refractivity contribution in [3.8, 4) is 0 Å². The van der Waals surface area contributed by atoms with Gasteiger partial charge in [-0.3, -0.25) is 4.90 Å².